The maximum absolute atomic E-state index is 5.94. The van der Waals surface area contributed by atoms with Crippen LogP contribution in [0.3, 0.4) is 0 Å². The molecule has 0 atom stereocenters. The molecule has 0 bridgehead atoms. The van der Waals surface area contributed by atoms with Gasteiger partial charge < -0.3 is 4.74 Å². The fraction of sp³-hybridized carbons (Fsp3) is 0.0625. The minimum absolute atomic E-state index is 0.371. The van der Waals surface area contributed by atoms with E-state index in [0.29, 0.717) is 5.88 Å². The third kappa shape index (κ3) is 2.54. The molecule has 0 amide bonds. The lowest BCUT2D eigenvalue weighted by Crippen LogP contribution is -1.92. The smallest absolute Gasteiger partial charge is 0.138 e. The molecule has 0 aliphatic rings. The van der Waals surface area contributed by atoms with E-state index >= 15 is 0 Å². The zero-order chi connectivity index (χ0) is 13.1. The fourth-order valence-corrected chi connectivity index (χ4v) is 2.10. The van der Waals surface area contributed by atoms with Gasteiger partial charge in [0.1, 0.15) is 11.5 Å². The van der Waals surface area contributed by atoms with Crippen LogP contribution in [0, 0.1) is 0 Å². The van der Waals surface area contributed by atoms with Gasteiger partial charge in [-0.2, -0.15) is 0 Å². The van der Waals surface area contributed by atoms with Crippen molar-refractivity contribution in [3.63, 3.8) is 0 Å². The summed E-state index contributed by atoms with van der Waals surface area (Å²) in [6.07, 6.45) is 0. The highest BCUT2D eigenvalue weighted by Gasteiger charge is 2.07. The van der Waals surface area contributed by atoms with Gasteiger partial charge in [0.15, 0.2) is 0 Å². The third-order valence-electron chi connectivity index (χ3n) is 2.84. The zero-order valence-electron chi connectivity index (χ0n) is 10.2. The van der Waals surface area contributed by atoms with Gasteiger partial charge in [-0.05, 0) is 24.3 Å². The highest BCUT2D eigenvalue weighted by atomic mass is 35.5. The molecule has 3 heteroatoms. The molecule has 1 aromatic heterocycles. The Bertz CT molecular complexity index is 697. The van der Waals surface area contributed by atoms with Gasteiger partial charge in [0, 0.05) is 11.5 Å². The number of fused-ring (bicyclic) bond motifs is 1. The van der Waals surface area contributed by atoms with Crippen LogP contribution in [0.5, 0.6) is 11.5 Å². The highest BCUT2D eigenvalue weighted by molar-refractivity contribution is 6.17. The maximum Gasteiger partial charge on any atom is 0.138 e. The lowest BCUT2D eigenvalue weighted by Gasteiger charge is -2.10. The lowest BCUT2D eigenvalue weighted by atomic mass is 10.2. The van der Waals surface area contributed by atoms with E-state index in [1.54, 1.807) is 0 Å². The Morgan fingerprint density at radius 2 is 1.68 bits per heavy atom. The van der Waals surface area contributed by atoms with Gasteiger partial charge >= 0.3 is 0 Å². The van der Waals surface area contributed by atoms with Crippen molar-refractivity contribution in [2.45, 2.75) is 5.88 Å². The number of hydrogen-bond acceptors (Lipinski definition) is 2. The molecular formula is C16H12ClNO. The van der Waals surface area contributed by atoms with Crippen LogP contribution in [0.15, 0.2) is 60.7 Å². The Morgan fingerprint density at radius 1 is 0.947 bits per heavy atom. The normalized spacial score (nSPS) is 10.6. The van der Waals surface area contributed by atoms with Crippen molar-refractivity contribution >= 4 is 22.5 Å². The molecule has 1 heterocycles. The maximum atomic E-state index is 5.94. The zero-order valence-corrected chi connectivity index (χ0v) is 11.0. The first kappa shape index (κ1) is 12.0. The highest BCUT2D eigenvalue weighted by Crippen LogP contribution is 2.30. The number of alkyl halides is 1. The van der Waals surface area contributed by atoms with Gasteiger partial charge in [-0.15, -0.1) is 11.6 Å². The first-order valence-electron chi connectivity index (χ1n) is 6.04. The van der Waals surface area contributed by atoms with E-state index in [1.165, 1.54) is 0 Å². The molecular weight excluding hydrogens is 258 g/mol. The molecule has 2 aromatic carbocycles. The molecule has 94 valence electrons. The van der Waals surface area contributed by atoms with E-state index in [0.717, 1.165) is 28.1 Å². The van der Waals surface area contributed by atoms with Crippen molar-refractivity contribution in [3.8, 4) is 11.5 Å². The molecule has 0 fully saturated rings. The van der Waals surface area contributed by atoms with E-state index in [1.807, 2.05) is 60.7 Å². The number of ether oxygens (including phenoxy) is 1. The number of halogens is 1. The van der Waals surface area contributed by atoms with Crippen LogP contribution in [0.2, 0.25) is 0 Å². The third-order valence-corrected chi connectivity index (χ3v) is 3.11. The SMILES string of the molecule is ClCc1cc(Oc2ccccc2)c2ccccc2n1. The van der Waals surface area contributed by atoms with Crippen LogP contribution in [0.25, 0.3) is 10.9 Å². The first-order chi connectivity index (χ1) is 9.36. The molecule has 0 aliphatic heterocycles. The minimum Gasteiger partial charge on any atom is -0.457 e. The van der Waals surface area contributed by atoms with Crippen LogP contribution >= 0.6 is 11.6 Å². The predicted molar refractivity (Wildman–Crippen MR) is 77.8 cm³/mol. The Kier molecular flexibility index (Phi) is 3.34. The second-order valence-electron chi connectivity index (χ2n) is 4.18. The summed E-state index contributed by atoms with van der Waals surface area (Å²) in [5, 5.41) is 0.986. The number of rotatable bonds is 3. The van der Waals surface area contributed by atoms with Gasteiger partial charge in [0.25, 0.3) is 0 Å². The fourth-order valence-electron chi connectivity index (χ4n) is 1.96. The number of aromatic nitrogens is 1. The van der Waals surface area contributed by atoms with E-state index < -0.39 is 0 Å². The first-order valence-corrected chi connectivity index (χ1v) is 6.58. The summed E-state index contributed by atoms with van der Waals surface area (Å²) in [4.78, 5) is 4.48. The quantitative estimate of drug-likeness (QED) is 0.639. The van der Waals surface area contributed by atoms with Crippen LogP contribution < -0.4 is 4.74 Å². The van der Waals surface area contributed by atoms with Crippen LogP contribution in [-0.4, -0.2) is 4.98 Å². The van der Waals surface area contributed by atoms with Crippen molar-refractivity contribution in [3.05, 3.63) is 66.4 Å². The number of nitrogens with zero attached hydrogens (tertiary/aromatic N) is 1. The Balaban J connectivity index is 2.11. The van der Waals surface area contributed by atoms with Crippen LogP contribution in [0.4, 0.5) is 0 Å². The molecule has 3 rings (SSSR count). The molecule has 0 aliphatic carbocycles. The monoisotopic (exact) mass is 269 g/mol. The van der Waals surface area contributed by atoms with Gasteiger partial charge in [-0.3, -0.25) is 4.98 Å². The van der Waals surface area contributed by atoms with Crippen molar-refractivity contribution in [2.75, 3.05) is 0 Å². The second-order valence-corrected chi connectivity index (χ2v) is 4.44. The average molecular weight is 270 g/mol. The Hall–Kier alpha value is -2.06. The Labute approximate surface area is 116 Å². The summed E-state index contributed by atoms with van der Waals surface area (Å²) in [6, 6.07) is 19.5. The van der Waals surface area contributed by atoms with Gasteiger partial charge in [0.2, 0.25) is 0 Å². The molecule has 3 aromatic rings. The van der Waals surface area contributed by atoms with Crippen molar-refractivity contribution in [2.24, 2.45) is 0 Å². The van der Waals surface area contributed by atoms with Crippen molar-refractivity contribution in [1.82, 2.24) is 4.98 Å². The molecule has 0 unspecified atom stereocenters. The van der Waals surface area contributed by atoms with E-state index in [4.69, 9.17) is 16.3 Å². The summed E-state index contributed by atoms with van der Waals surface area (Å²) in [5.41, 5.74) is 1.71. The van der Waals surface area contributed by atoms with Crippen molar-refractivity contribution in [1.29, 1.82) is 0 Å². The summed E-state index contributed by atoms with van der Waals surface area (Å²) in [5.74, 6) is 1.96. The molecule has 0 radical (unpaired) electrons. The van der Waals surface area contributed by atoms with Gasteiger partial charge in [-0.1, -0.05) is 30.3 Å². The molecule has 0 N–H and O–H groups in total. The largest absolute Gasteiger partial charge is 0.457 e. The van der Waals surface area contributed by atoms with Gasteiger partial charge in [-0.25, -0.2) is 0 Å². The second kappa shape index (κ2) is 5.29. The number of para-hydroxylation sites is 2. The number of hydrogen-bond donors (Lipinski definition) is 0. The summed E-state index contributed by atoms with van der Waals surface area (Å²) >= 11 is 5.88. The molecule has 19 heavy (non-hydrogen) atoms. The van der Waals surface area contributed by atoms with Crippen LogP contribution in [-0.2, 0) is 5.88 Å². The molecule has 0 saturated carbocycles. The topological polar surface area (TPSA) is 22.1 Å². The Morgan fingerprint density at radius 3 is 2.47 bits per heavy atom. The molecule has 2 nitrogen and oxygen atoms in total. The standard InChI is InChI=1S/C16H12ClNO/c17-11-12-10-16(19-13-6-2-1-3-7-13)14-8-4-5-9-15(14)18-12/h1-10H,11H2. The predicted octanol–water partition coefficient (Wildman–Crippen LogP) is 4.77. The van der Waals surface area contributed by atoms with Crippen molar-refractivity contribution < 1.29 is 4.74 Å². The van der Waals surface area contributed by atoms with Crippen LogP contribution in [0.1, 0.15) is 5.69 Å². The van der Waals surface area contributed by atoms with E-state index in [2.05, 4.69) is 4.98 Å². The summed E-state index contributed by atoms with van der Waals surface area (Å²) in [7, 11) is 0. The number of pyridine rings is 1. The van der Waals surface area contributed by atoms with Gasteiger partial charge in [0.05, 0.1) is 17.1 Å². The average Bonchev–Trinajstić information content (AvgIpc) is 2.48. The summed E-state index contributed by atoms with van der Waals surface area (Å²) < 4.78 is 5.94. The van der Waals surface area contributed by atoms with E-state index in [-0.39, 0.29) is 0 Å². The van der Waals surface area contributed by atoms with E-state index in [9.17, 15) is 0 Å². The minimum atomic E-state index is 0.371. The summed E-state index contributed by atoms with van der Waals surface area (Å²) in [6.45, 7) is 0. The lowest BCUT2D eigenvalue weighted by molar-refractivity contribution is 0.487. The molecule has 0 saturated heterocycles. The number of benzene rings is 2. The molecule has 0 spiro atoms.